The maximum atomic E-state index is 11.2. The Hall–Kier alpha value is -1.55. The van der Waals surface area contributed by atoms with Crippen molar-refractivity contribution in [1.29, 1.82) is 0 Å². The Morgan fingerprint density at radius 1 is 1.39 bits per heavy atom. The molecule has 0 aliphatic rings. The lowest BCUT2D eigenvalue weighted by Crippen LogP contribution is -2.24. The molecule has 1 aromatic rings. The van der Waals surface area contributed by atoms with Crippen LogP contribution in [0.1, 0.15) is 25.3 Å². The second kappa shape index (κ2) is 7.71. The maximum absolute atomic E-state index is 11.2. The van der Waals surface area contributed by atoms with Crippen LogP contribution in [0.2, 0.25) is 0 Å². The number of hydrogen-bond donors (Lipinski definition) is 1. The van der Waals surface area contributed by atoms with Crippen molar-refractivity contribution in [3.05, 3.63) is 29.8 Å². The summed E-state index contributed by atoms with van der Waals surface area (Å²) < 4.78 is 10.1. The molecular formula is C14H21NO3. The standard InChI is InChI=1S/C14H21NO3/c1-3-18-14(16)9-8-12(15)10-11-6-4-5-7-13(11)17-2/h4-7,12H,3,8-10,15H2,1-2H3. The van der Waals surface area contributed by atoms with E-state index in [1.807, 2.05) is 24.3 Å². The predicted octanol–water partition coefficient (Wildman–Crippen LogP) is 1.91. The van der Waals surface area contributed by atoms with Crippen LogP contribution in [0.3, 0.4) is 0 Å². The fourth-order valence-corrected chi connectivity index (χ4v) is 1.79. The topological polar surface area (TPSA) is 61.5 Å². The quantitative estimate of drug-likeness (QED) is 0.752. The molecule has 4 nitrogen and oxygen atoms in total. The Balaban J connectivity index is 2.44. The highest BCUT2D eigenvalue weighted by atomic mass is 16.5. The third kappa shape index (κ3) is 4.75. The van der Waals surface area contributed by atoms with E-state index in [0.29, 0.717) is 25.9 Å². The largest absolute Gasteiger partial charge is 0.496 e. The highest BCUT2D eigenvalue weighted by Gasteiger charge is 2.11. The summed E-state index contributed by atoms with van der Waals surface area (Å²) in [5.41, 5.74) is 7.08. The Kier molecular flexibility index (Phi) is 6.22. The Bertz CT molecular complexity index is 379. The van der Waals surface area contributed by atoms with Gasteiger partial charge in [-0.2, -0.15) is 0 Å². The van der Waals surface area contributed by atoms with Gasteiger partial charge in [0, 0.05) is 12.5 Å². The van der Waals surface area contributed by atoms with E-state index < -0.39 is 0 Å². The van der Waals surface area contributed by atoms with E-state index in [1.165, 1.54) is 0 Å². The van der Waals surface area contributed by atoms with E-state index in [4.69, 9.17) is 15.2 Å². The number of ether oxygens (including phenoxy) is 2. The lowest BCUT2D eigenvalue weighted by atomic mass is 10.0. The minimum atomic E-state index is -0.187. The molecule has 2 N–H and O–H groups in total. The molecule has 1 unspecified atom stereocenters. The van der Waals surface area contributed by atoms with Crippen LogP contribution in [-0.2, 0) is 16.0 Å². The molecule has 18 heavy (non-hydrogen) atoms. The molecular weight excluding hydrogens is 230 g/mol. The van der Waals surface area contributed by atoms with Gasteiger partial charge in [-0.3, -0.25) is 4.79 Å². The summed E-state index contributed by atoms with van der Waals surface area (Å²) in [5.74, 6) is 0.650. The Labute approximate surface area is 108 Å². The number of carbonyl (C=O) groups excluding carboxylic acids is 1. The molecule has 0 spiro atoms. The van der Waals surface area contributed by atoms with Crippen molar-refractivity contribution < 1.29 is 14.3 Å². The van der Waals surface area contributed by atoms with Crippen molar-refractivity contribution in [2.75, 3.05) is 13.7 Å². The summed E-state index contributed by atoms with van der Waals surface area (Å²) in [4.78, 5) is 11.2. The molecule has 0 saturated carbocycles. The number of para-hydroxylation sites is 1. The van der Waals surface area contributed by atoms with Crippen molar-refractivity contribution in [3.8, 4) is 5.75 Å². The second-order valence-electron chi connectivity index (χ2n) is 4.12. The van der Waals surface area contributed by atoms with Crippen molar-refractivity contribution in [2.24, 2.45) is 5.73 Å². The van der Waals surface area contributed by atoms with Crippen LogP contribution < -0.4 is 10.5 Å². The van der Waals surface area contributed by atoms with E-state index in [0.717, 1.165) is 11.3 Å². The molecule has 0 radical (unpaired) electrons. The van der Waals surface area contributed by atoms with Crippen LogP contribution >= 0.6 is 0 Å². The first-order chi connectivity index (χ1) is 8.67. The number of benzene rings is 1. The number of hydrogen-bond acceptors (Lipinski definition) is 4. The first-order valence-electron chi connectivity index (χ1n) is 6.20. The fraction of sp³-hybridized carbons (Fsp3) is 0.500. The van der Waals surface area contributed by atoms with Crippen LogP contribution in [0.5, 0.6) is 5.75 Å². The molecule has 1 rings (SSSR count). The van der Waals surface area contributed by atoms with Gasteiger partial charge in [-0.15, -0.1) is 0 Å². The number of methoxy groups -OCH3 is 1. The summed E-state index contributed by atoms with van der Waals surface area (Å²) >= 11 is 0. The van der Waals surface area contributed by atoms with Crippen LogP contribution in [0.25, 0.3) is 0 Å². The molecule has 0 amide bonds. The van der Waals surface area contributed by atoms with Gasteiger partial charge in [0.25, 0.3) is 0 Å². The summed E-state index contributed by atoms with van der Waals surface area (Å²) in [6.07, 6.45) is 1.68. The predicted molar refractivity (Wildman–Crippen MR) is 70.5 cm³/mol. The average Bonchev–Trinajstić information content (AvgIpc) is 2.37. The van der Waals surface area contributed by atoms with E-state index in [1.54, 1.807) is 14.0 Å². The highest BCUT2D eigenvalue weighted by molar-refractivity contribution is 5.69. The maximum Gasteiger partial charge on any atom is 0.305 e. The number of nitrogens with two attached hydrogens (primary N) is 1. The van der Waals surface area contributed by atoms with E-state index in [9.17, 15) is 4.79 Å². The normalized spacial score (nSPS) is 11.9. The minimum Gasteiger partial charge on any atom is -0.496 e. The number of carbonyl (C=O) groups is 1. The smallest absolute Gasteiger partial charge is 0.305 e. The van der Waals surface area contributed by atoms with E-state index in [-0.39, 0.29) is 12.0 Å². The van der Waals surface area contributed by atoms with Crippen LogP contribution in [0.4, 0.5) is 0 Å². The molecule has 100 valence electrons. The van der Waals surface area contributed by atoms with Crippen molar-refractivity contribution in [1.82, 2.24) is 0 Å². The van der Waals surface area contributed by atoms with Crippen LogP contribution in [0.15, 0.2) is 24.3 Å². The van der Waals surface area contributed by atoms with E-state index >= 15 is 0 Å². The van der Waals surface area contributed by atoms with Crippen molar-refractivity contribution in [2.45, 2.75) is 32.2 Å². The second-order valence-corrected chi connectivity index (χ2v) is 4.12. The van der Waals surface area contributed by atoms with Gasteiger partial charge in [-0.1, -0.05) is 18.2 Å². The number of rotatable bonds is 7. The highest BCUT2D eigenvalue weighted by Crippen LogP contribution is 2.19. The molecule has 0 saturated heterocycles. The van der Waals surface area contributed by atoms with Gasteiger partial charge in [0.2, 0.25) is 0 Å². The molecule has 1 atom stereocenters. The molecule has 0 aromatic heterocycles. The van der Waals surface area contributed by atoms with Gasteiger partial charge in [-0.25, -0.2) is 0 Å². The zero-order valence-electron chi connectivity index (χ0n) is 11.0. The SMILES string of the molecule is CCOC(=O)CCC(N)Cc1ccccc1OC. The van der Waals surface area contributed by atoms with Crippen molar-refractivity contribution in [3.63, 3.8) is 0 Å². The summed E-state index contributed by atoms with van der Waals surface area (Å²) in [7, 11) is 1.64. The molecule has 0 bridgehead atoms. The van der Waals surface area contributed by atoms with Gasteiger partial charge in [0.05, 0.1) is 13.7 Å². The first-order valence-corrected chi connectivity index (χ1v) is 6.20. The lowest BCUT2D eigenvalue weighted by Gasteiger charge is -2.13. The first kappa shape index (κ1) is 14.5. The Morgan fingerprint density at radius 2 is 2.11 bits per heavy atom. The van der Waals surface area contributed by atoms with Gasteiger partial charge in [-0.05, 0) is 31.4 Å². The summed E-state index contributed by atoms with van der Waals surface area (Å²) in [6, 6.07) is 7.71. The summed E-state index contributed by atoms with van der Waals surface area (Å²) in [6.45, 7) is 2.22. The van der Waals surface area contributed by atoms with Gasteiger partial charge >= 0.3 is 5.97 Å². The third-order valence-corrected chi connectivity index (χ3v) is 2.70. The zero-order chi connectivity index (χ0) is 13.4. The van der Waals surface area contributed by atoms with E-state index in [2.05, 4.69) is 0 Å². The van der Waals surface area contributed by atoms with Gasteiger partial charge < -0.3 is 15.2 Å². The fourth-order valence-electron chi connectivity index (χ4n) is 1.79. The Morgan fingerprint density at radius 3 is 2.78 bits per heavy atom. The summed E-state index contributed by atoms with van der Waals surface area (Å²) in [5, 5.41) is 0. The molecule has 4 heteroatoms. The van der Waals surface area contributed by atoms with Crippen LogP contribution in [-0.4, -0.2) is 25.7 Å². The number of esters is 1. The van der Waals surface area contributed by atoms with Gasteiger partial charge in [0.1, 0.15) is 5.75 Å². The average molecular weight is 251 g/mol. The molecule has 1 aromatic carbocycles. The molecule has 0 heterocycles. The molecule has 0 fully saturated rings. The van der Waals surface area contributed by atoms with Crippen molar-refractivity contribution >= 4 is 5.97 Å². The lowest BCUT2D eigenvalue weighted by molar-refractivity contribution is -0.143. The molecule has 0 aliphatic heterocycles. The third-order valence-electron chi connectivity index (χ3n) is 2.70. The van der Waals surface area contributed by atoms with Gasteiger partial charge in [0.15, 0.2) is 0 Å². The molecule has 0 aliphatic carbocycles. The zero-order valence-corrected chi connectivity index (χ0v) is 11.0. The monoisotopic (exact) mass is 251 g/mol. The van der Waals surface area contributed by atoms with Crippen LogP contribution in [0, 0.1) is 0 Å². The minimum absolute atomic E-state index is 0.0642.